The fourth-order valence-corrected chi connectivity index (χ4v) is 3.87. The Morgan fingerprint density at radius 1 is 1.00 bits per heavy atom. The summed E-state index contributed by atoms with van der Waals surface area (Å²) >= 11 is 0. The molecule has 0 radical (unpaired) electrons. The normalized spacial score (nSPS) is 10.8. The summed E-state index contributed by atoms with van der Waals surface area (Å²) in [6.07, 6.45) is 0.596. The van der Waals surface area contributed by atoms with Crippen LogP contribution in [0, 0.1) is 6.92 Å². The minimum absolute atomic E-state index is 0.428. The number of carbonyl (C=O) groups is 1. The van der Waals surface area contributed by atoms with Crippen LogP contribution in [0.5, 0.6) is 5.75 Å². The van der Waals surface area contributed by atoms with E-state index < -0.39 is 5.97 Å². The van der Waals surface area contributed by atoms with Crippen LogP contribution in [0.25, 0.3) is 33.6 Å². The van der Waals surface area contributed by atoms with E-state index in [4.69, 9.17) is 9.47 Å². The Morgan fingerprint density at radius 3 is 2.28 bits per heavy atom. The van der Waals surface area contributed by atoms with Gasteiger partial charge in [-0.3, -0.25) is 4.98 Å². The third-order valence-corrected chi connectivity index (χ3v) is 5.32. The van der Waals surface area contributed by atoms with Gasteiger partial charge >= 0.3 is 5.97 Å². The molecular formula is C24H23N5O3. The number of hydrogen-bond donors (Lipinski definition) is 1. The predicted molar refractivity (Wildman–Crippen MR) is 120 cm³/mol. The second-order valence-electron chi connectivity index (χ2n) is 7.13. The smallest absolute Gasteiger partial charge is 0.340 e. The number of carbonyl (C=O) groups excluding carboxylic acids is 1. The van der Waals surface area contributed by atoms with Crippen LogP contribution in [0.2, 0.25) is 0 Å². The second kappa shape index (κ2) is 8.97. The number of tetrazole rings is 1. The van der Waals surface area contributed by atoms with Gasteiger partial charge in [-0.1, -0.05) is 55.5 Å². The van der Waals surface area contributed by atoms with Gasteiger partial charge in [-0.05, 0) is 35.2 Å². The number of ether oxygens (including phenoxy) is 2. The summed E-state index contributed by atoms with van der Waals surface area (Å²) in [4.78, 5) is 17.3. The van der Waals surface area contributed by atoms with Gasteiger partial charge in [0.2, 0.25) is 5.82 Å². The molecule has 0 saturated heterocycles. The van der Waals surface area contributed by atoms with E-state index >= 15 is 0 Å². The third-order valence-electron chi connectivity index (χ3n) is 5.32. The van der Waals surface area contributed by atoms with Crippen LogP contribution in [-0.2, 0) is 11.2 Å². The van der Waals surface area contributed by atoms with Crippen molar-refractivity contribution in [3.8, 4) is 39.4 Å². The Morgan fingerprint density at radius 2 is 1.69 bits per heavy atom. The molecule has 0 aliphatic heterocycles. The number of aromatic amines is 1. The zero-order valence-corrected chi connectivity index (χ0v) is 18.3. The molecule has 0 fully saturated rings. The zero-order valence-electron chi connectivity index (χ0n) is 18.3. The number of nitrogens with zero attached hydrogens (tertiary/aromatic N) is 4. The van der Waals surface area contributed by atoms with E-state index in [1.165, 1.54) is 7.11 Å². The summed E-state index contributed by atoms with van der Waals surface area (Å²) in [6, 6.07) is 15.8. The molecule has 0 saturated carbocycles. The lowest BCUT2D eigenvalue weighted by Gasteiger charge is -2.18. The van der Waals surface area contributed by atoms with Crippen molar-refractivity contribution in [1.29, 1.82) is 0 Å². The maximum Gasteiger partial charge on any atom is 0.340 e. The highest BCUT2D eigenvalue weighted by atomic mass is 16.5. The first-order chi connectivity index (χ1) is 15.6. The first-order valence-electron chi connectivity index (χ1n) is 10.2. The lowest BCUT2D eigenvalue weighted by Crippen LogP contribution is -2.12. The lowest BCUT2D eigenvalue weighted by atomic mass is 9.93. The van der Waals surface area contributed by atoms with E-state index in [0.29, 0.717) is 34.8 Å². The van der Waals surface area contributed by atoms with Crippen LogP contribution in [-0.4, -0.2) is 45.8 Å². The average Bonchev–Trinajstić information content (AvgIpc) is 3.38. The number of nitrogens with one attached hydrogen (secondary N) is 1. The first-order valence-corrected chi connectivity index (χ1v) is 10.2. The standard InChI is InChI=1S/C24H23N5O3/c1-5-19-21(24(30)32-4)20(22(31-3)14(2)25-19)16-12-10-15(11-13-16)17-8-6-7-9-18(17)23-26-28-29-27-23/h6-13H,5H2,1-4H3,(H,26,27,28,29). The Labute approximate surface area is 185 Å². The summed E-state index contributed by atoms with van der Waals surface area (Å²) in [5.41, 5.74) is 6.17. The maximum atomic E-state index is 12.7. The van der Waals surface area contributed by atoms with Crippen LogP contribution in [0.1, 0.15) is 28.7 Å². The highest BCUT2D eigenvalue weighted by Gasteiger charge is 2.25. The van der Waals surface area contributed by atoms with Crippen molar-refractivity contribution < 1.29 is 14.3 Å². The van der Waals surface area contributed by atoms with Crippen molar-refractivity contribution in [2.75, 3.05) is 14.2 Å². The quantitative estimate of drug-likeness (QED) is 0.457. The van der Waals surface area contributed by atoms with Crippen molar-refractivity contribution in [2.45, 2.75) is 20.3 Å². The van der Waals surface area contributed by atoms with Gasteiger partial charge in [-0.2, -0.15) is 5.21 Å². The molecule has 0 amide bonds. The number of hydrogen-bond acceptors (Lipinski definition) is 7. The topological polar surface area (TPSA) is 103 Å². The summed E-state index contributed by atoms with van der Waals surface area (Å²) in [6.45, 7) is 3.83. The highest BCUT2D eigenvalue weighted by molar-refractivity contribution is 6.00. The van der Waals surface area contributed by atoms with Crippen molar-refractivity contribution in [3.63, 3.8) is 0 Å². The van der Waals surface area contributed by atoms with Crippen LogP contribution in [0.15, 0.2) is 48.5 Å². The summed E-state index contributed by atoms with van der Waals surface area (Å²) in [5.74, 6) is 0.647. The van der Waals surface area contributed by atoms with E-state index in [2.05, 4.69) is 25.6 Å². The molecular weight excluding hydrogens is 406 g/mol. The van der Waals surface area contributed by atoms with E-state index in [1.54, 1.807) is 7.11 Å². The highest BCUT2D eigenvalue weighted by Crippen LogP contribution is 2.39. The van der Waals surface area contributed by atoms with E-state index in [1.807, 2.05) is 62.4 Å². The van der Waals surface area contributed by atoms with Gasteiger partial charge in [0.25, 0.3) is 0 Å². The number of methoxy groups -OCH3 is 2. The van der Waals surface area contributed by atoms with Crippen molar-refractivity contribution in [1.82, 2.24) is 25.6 Å². The summed E-state index contributed by atoms with van der Waals surface area (Å²) in [5, 5.41) is 14.4. The predicted octanol–water partition coefficient (Wildman–Crippen LogP) is 4.26. The Balaban J connectivity index is 1.87. The molecule has 0 spiro atoms. The molecule has 0 bridgehead atoms. The van der Waals surface area contributed by atoms with E-state index in [-0.39, 0.29) is 0 Å². The van der Waals surface area contributed by atoms with Crippen LogP contribution in [0.3, 0.4) is 0 Å². The number of pyridine rings is 1. The Hall–Kier alpha value is -4.07. The molecule has 2 aromatic heterocycles. The largest absolute Gasteiger partial charge is 0.494 e. The molecule has 8 heteroatoms. The molecule has 4 rings (SSSR count). The van der Waals surface area contributed by atoms with Gasteiger partial charge in [0.1, 0.15) is 5.75 Å². The fourth-order valence-electron chi connectivity index (χ4n) is 3.87. The molecule has 162 valence electrons. The number of H-pyrrole nitrogens is 1. The molecule has 8 nitrogen and oxygen atoms in total. The Bertz CT molecular complexity index is 1250. The molecule has 2 aromatic carbocycles. The third kappa shape index (κ3) is 3.71. The number of aromatic nitrogens is 5. The monoisotopic (exact) mass is 429 g/mol. The van der Waals surface area contributed by atoms with Gasteiger partial charge in [-0.15, -0.1) is 10.2 Å². The molecule has 1 N–H and O–H groups in total. The van der Waals surface area contributed by atoms with Gasteiger partial charge < -0.3 is 9.47 Å². The minimum atomic E-state index is -0.436. The van der Waals surface area contributed by atoms with Crippen LogP contribution in [0.4, 0.5) is 0 Å². The molecule has 4 aromatic rings. The van der Waals surface area contributed by atoms with Gasteiger partial charge in [0.15, 0.2) is 0 Å². The molecule has 32 heavy (non-hydrogen) atoms. The molecule has 0 aliphatic carbocycles. The van der Waals surface area contributed by atoms with Crippen LogP contribution >= 0.6 is 0 Å². The van der Waals surface area contributed by atoms with Crippen molar-refractivity contribution in [2.24, 2.45) is 0 Å². The molecule has 0 aliphatic rings. The number of aryl methyl sites for hydroxylation is 2. The van der Waals surface area contributed by atoms with Gasteiger partial charge in [-0.25, -0.2) is 4.79 Å². The minimum Gasteiger partial charge on any atom is -0.494 e. The SMILES string of the molecule is CCc1nc(C)c(OC)c(-c2ccc(-c3ccccc3-c3nn[nH]n3)cc2)c1C(=O)OC. The molecule has 0 atom stereocenters. The first kappa shape index (κ1) is 21.2. The maximum absolute atomic E-state index is 12.7. The molecule has 0 unspecified atom stereocenters. The second-order valence-corrected chi connectivity index (χ2v) is 7.13. The van der Waals surface area contributed by atoms with Crippen molar-refractivity contribution in [3.05, 3.63) is 65.5 Å². The van der Waals surface area contributed by atoms with Crippen LogP contribution < -0.4 is 4.74 Å². The number of esters is 1. The zero-order chi connectivity index (χ0) is 22.7. The fraction of sp³-hybridized carbons (Fsp3) is 0.208. The van der Waals surface area contributed by atoms with Gasteiger partial charge in [0, 0.05) is 11.1 Å². The van der Waals surface area contributed by atoms with E-state index in [0.717, 1.165) is 27.9 Å². The van der Waals surface area contributed by atoms with Gasteiger partial charge in [0.05, 0.1) is 31.2 Å². The summed E-state index contributed by atoms with van der Waals surface area (Å²) in [7, 11) is 2.95. The lowest BCUT2D eigenvalue weighted by molar-refractivity contribution is 0.0599. The summed E-state index contributed by atoms with van der Waals surface area (Å²) < 4.78 is 10.7. The average molecular weight is 429 g/mol. The number of benzene rings is 2. The molecule has 2 heterocycles. The van der Waals surface area contributed by atoms with E-state index in [9.17, 15) is 4.79 Å². The Kier molecular flexibility index (Phi) is 5.93. The number of rotatable bonds is 6. The van der Waals surface area contributed by atoms with Crippen molar-refractivity contribution >= 4 is 5.97 Å².